The third-order valence-electron chi connectivity index (χ3n) is 3.27. The highest BCUT2D eigenvalue weighted by Crippen LogP contribution is 2.23. The van der Waals surface area contributed by atoms with Gasteiger partial charge in [0, 0.05) is 0 Å². The molecule has 2 N–H and O–H groups in total. The predicted octanol–water partition coefficient (Wildman–Crippen LogP) is 2.25. The van der Waals surface area contributed by atoms with Gasteiger partial charge in [-0.25, -0.2) is 4.98 Å². The topological polar surface area (TPSA) is 64.5 Å². The number of nitrogens with one attached hydrogen (secondary N) is 2. The Bertz CT molecular complexity index is 573. The number of nitriles is 1. The van der Waals surface area contributed by atoms with Gasteiger partial charge in [-0.15, -0.1) is 0 Å². The Labute approximate surface area is 99.7 Å². The number of rotatable bonds is 1. The fourth-order valence-corrected chi connectivity index (χ4v) is 2.35. The van der Waals surface area contributed by atoms with Gasteiger partial charge in [0.15, 0.2) is 0 Å². The van der Waals surface area contributed by atoms with Crippen LogP contribution >= 0.6 is 0 Å². The Morgan fingerprint density at radius 3 is 3.06 bits per heavy atom. The molecule has 2 aromatic rings. The molecule has 1 fully saturated rings. The van der Waals surface area contributed by atoms with E-state index >= 15 is 0 Å². The Morgan fingerprint density at radius 1 is 1.35 bits per heavy atom. The van der Waals surface area contributed by atoms with Crippen molar-refractivity contribution < 1.29 is 0 Å². The van der Waals surface area contributed by atoms with Gasteiger partial charge in [-0.2, -0.15) is 5.26 Å². The zero-order chi connectivity index (χ0) is 11.7. The number of hydrogen-bond donors (Lipinski definition) is 2. The van der Waals surface area contributed by atoms with E-state index in [0.717, 1.165) is 29.8 Å². The van der Waals surface area contributed by atoms with E-state index in [4.69, 9.17) is 5.26 Å². The molecular formula is C13H14N4. The Balaban J connectivity index is 1.98. The third-order valence-corrected chi connectivity index (χ3v) is 3.27. The molecule has 0 saturated carbocycles. The summed E-state index contributed by atoms with van der Waals surface area (Å²) in [5.74, 6) is 0.995. The van der Waals surface area contributed by atoms with Crippen molar-refractivity contribution in [1.82, 2.24) is 15.3 Å². The van der Waals surface area contributed by atoms with E-state index in [1.54, 1.807) is 6.07 Å². The second-order valence-electron chi connectivity index (χ2n) is 4.47. The van der Waals surface area contributed by atoms with E-state index < -0.39 is 0 Å². The standard InChI is InChI=1S/C13H14N4/c14-8-9-4-5-10-12(7-9)17-13(16-10)11-3-1-2-6-15-11/h4-5,7,11,15H,1-3,6H2,(H,16,17). The second kappa shape index (κ2) is 4.19. The molecule has 17 heavy (non-hydrogen) atoms. The van der Waals surface area contributed by atoms with Crippen LogP contribution in [0.3, 0.4) is 0 Å². The van der Waals surface area contributed by atoms with Gasteiger partial charge in [0.05, 0.1) is 28.7 Å². The maximum Gasteiger partial charge on any atom is 0.124 e. The maximum atomic E-state index is 8.86. The van der Waals surface area contributed by atoms with E-state index in [-0.39, 0.29) is 0 Å². The van der Waals surface area contributed by atoms with Crippen LogP contribution in [0.1, 0.15) is 36.7 Å². The summed E-state index contributed by atoms with van der Waals surface area (Å²) in [6.07, 6.45) is 3.62. The number of aromatic nitrogens is 2. The highest BCUT2D eigenvalue weighted by Gasteiger charge is 2.17. The molecule has 1 atom stereocenters. The molecule has 3 rings (SSSR count). The van der Waals surface area contributed by atoms with Gasteiger partial charge in [-0.3, -0.25) is 0 Å². The zero-order valence-electron chi connectivity index (χ0n) is 9.53. The minimum Gasteiger partial charge on any atom is -0.341 e. The van der Waals surface area contributed by atoms with Crippen LogP contribution in [0.2, 0.25) is 0 Å². The summed E-state index contributed by atoms with van der Waals surface area (Å²) in [7, 11) is 0. The first-order valence-corrected chi connectivity index (χ1v) is 6.00. The molecule has 0 amide bonds. The van der Waals surface area contributed by atoms with Crippen molar-refractivity contribution in [1.29, 1.82) is 5.26 Å². The van der Waals surface area contributed by atoms with Crippen molar-refractivity contribution in [2.45, 2.75) is 25.3 Å². The number of imidazole rings is 1. The van der Waals surface area contributed by atoms with Crippen molar-refractivity contribution in [3.8, 4) is 6.07 Å². The molecule has 0 spiro atoms. The normalized spacial score (nSPS) is 20.3. The Kier molecular flexibility index (Phi) is 2.54. The monoisotopic (exact) mass is 226 g/mol. The van der Waals surface area contributed by atoms with Crippen molar-refractivity contribution in [2.24, 2.45) is 0 Å². The fourth-order valence-electron chi connectivity index (χ4n) is 2.35. The SMILES string of the molecule is N#Cc1ccc2nc(C3CCCCN3)[nH]c2c1. The van der Waals surface area contributed by atoms with Gasteiger partial charge in [0.2, 0.25) is 0 Å². The molecule has 0 radical (unpaired) electrons. The van der Waals surface area contributed by atoms with Crippen LogP contribution in [-0.2, 0) is 0 Å². The van der Waals surface area contributed by atoms with E-state index in [1.807, 2.05) is 12.1 Å². The number of nitrogens with zero attached hydrogens (tertiary/aromatic N) is 2. The van der Waals surface area contributed by atoms with Crippen molar-refractivity contribution in [3.63, 3.8) is 0 Å². The van der Waals surface area contributed by atoms with Crippen LogP contribution in [0.4, 0.5) is 0 Å². The van der Waals surface area contributed by atoms with Gasteiger partial charge in [-0.05, 0) is 37.6 Å². The molecule has 0 aliphatic carbocycles. The third kappa shape index (κ3) is 1.90. The quantitative estimate of drug-likeness (QED) is 0.783. The average molecular weight is 226 g/mol. The molecule has 1 aromatic heterocycles. The van der Waals surface area contributed by atoms with E-state index in [9.17, 15) is 0 Å². The van der Waals surface area contributed by atoms with Crippen molar-refractivity contribution >= 4 is 11.0 Å². The lowest BCUT2D eigenvalue weighted by Gasteiger charge is -2.21. The van der Waals surface area contributed by atoms with Gasteiger partial charge in [0.1, 0.15) is 5.82 Å². The van der Waals surface area contributed by atoms with Gasteiger partial charge < -0.3 is 10.3 Å². The number of benzene rings is 1. The summed E-state index contributed by atoms with van der Waals surface area (Å²) in [6, 6.07) is 8.04. The van der Waals surface area contributed by atoms with E-state index in [0.29, 0.717) is 11.6 Å². The largest absolute Gasteiger partial charge is 0.341 e. The second-order valence-corrected chi connectivity index (χ2v) is 4.47. The minimum atomic E-state index is 0.335. The van der Waals surface area contributed by atoms with Gasteiger partial charge >= 0.3 is 0 Å². The van der Waals surface area contributed by atoms with Crippen molar-refractivity contribution in [2.75, 3.05) is 6.54 Å². The molecule has 1 aromatic carbocycles. The smallest absolute Gasteiger partial charge is 0.124 e. The summed E-state index contributed by atoms with van der Waals surface area (Å²) in [6.45, 7) is 1.06. The van der Waals surface area contributed by atoms with E-state index in [2.05, 4.69) is 21.4 Å². The molecule has 1 aliphatic rings. The summed E-state index contributed by atoms with van der Waals surface area (Å²) >= 11 is 0. The number of piperidine rings is 1. The molecule has 4 heteroatoms. The lowest BCUT2D eigenvalue weighted by molar-refractivity contribution is 0.400. The summed E-state index contributed by atoms with van der Waals surface area (Å²) < 4.78 is 0. The lowest BCUT2D eigenvalue weighted by Crippen LogP contribution is -2.27. The molecule has 1 saturated heterocycles. The fraction of sp³-hybridized carbons (Fsp3) is 0.385. The first kappa shape index (κ1) is 10.3. The summed E-state index contributed by atoms with van der Waals surface area (Å²) in [4.78, 5) is 7.90. The van der Waals surface area contributed by atoms with Gasteiger partial charge in [0.25, 0.3) is 0 Å². The van der Waals surface area contributed by atoms with Crippen LogP contribution < -0.4 is 5.32 Å². The predicted molar refractivity (Wildman–Crippen MR) is 65.4 cm³/mol. The minimum absolute atomic E-state index is 0.335. The van der Waals surface area contributed by atoms with Crippen molar-refractivity contribution in [3.05, 3.63) is 29.6 Å². The van der Waals surface area contributed by atoms with Gasteiger partial charge in [-0.1, -0.05) is 6.42 Å². The molecular weight excluding hydrogens is 212 g/mol. The average Bonchev–Trinajstić information content (AvgIpc) is 2.82. The molecule has 2 heterocycles. The first-order valence-electron chi connectivity index (χ1n) is 6.00. The number of fused-ring (bicyclic) bond motifs is 1. The molecule has 86 valence electrons. The van der Waals surface area contributed by atoms with E-state index in [1.165, 1.54) is 12.8 Å². The molecule has 1 unspecified atom stereocenters. The van der Waals surface area contributed by atoms with Crippen LogP contribution in [0, 0.1) is 11.3 Å². The summed E-state index contributed by atoms with van der Waals surface area (Å²) in [5.41, 5.74) is 2.56. The maximum absolute atomic E-state index is 8.86. The van der Waals surface area contributed by atoms with Crippen LogP contribution in [0.25, 0.3) is 11.0 Å². The zero-order valence-corrected chi connectivity index (χ0v) is 9.53. The molecule has 4 nitrogen and oxygen atoms in total. The highest BCUT2D eigenvalue weighted by atomic mass is 15.0. The Hall–Kier alpha value is -1.86. The number of H-pyrrole nitrogens is 1. The highest BCUT2D eigenvalue weighted by molar-refractivity contribution is 5.76. The number of hydrogen-bond acceptors (Lipinski definition) is 3. The van der Waals surface area contributed by atoms with Crippen LogP contribution in [0.5, 0.6) is 0 Å². The lowest BCUT2D eigenvalue weighted by atomic mass is 10.0. The van der Waals surface area contributed by atoms with Crippen LogP contribution in [0.15, 0.2) is 18.2 Å². The summed E-state index contributed by atoms with van der Waals surface area (Å²) in [5, 5.41) is 12.3. The first-order chi connectivity index (χ1) is 8.36. The van der Waals surface area contributed by atoms with Crippen LogP contribution in [-0.4, -0.2) is 16.5 Å². The number of aromatic amines is 1. The Morgan fingerprint density at radius 2 is 2.29 bits per heavy atom. The molecule has 1 aliphatic heterocycles. The molecule has 0 bridgehead atoms.